The van der Waals surface area contributed by atoms with Gasteiger partial charge in [0.25, 0.3) is 0 Å². The van der Waals surface area contributed by atoms with E-state index in [0.29, 0.717) is 12.6 Å². The summed E-state index contributed by atoms with van der Waals surface area (Å²) in [6, 6.07) is 0. The normalized spacial score (nSPS) is 22.8. The monoisotopic (exact) mass is 262 g/mol. The zero-order chi connectivity index (χ0) is 13.3. The van der Waals surface area contributed by atoms with E-state index >= 15 is 0 Å². The van der Waals surface area contributed by atoms with Crippen LogP contribution in [0.2, 0.25) is 0 Å². The summed E-state index contributed by atoms with van der Waals surface area (Å²) in [5.74, 6) is 1.40. The van der Waals surface area contributed by atoms with Crippen LogP contribution in [0.1, 0.15) is 20.3 Å². The maximum Gasteiger partial charge on any atom is 0.226 e. The molecule has 3 heterocycles. The van der Waals surface area contributed by atoms with Crippen LogP contribution in [0.5, 0.6) is 0 Å². The Balaban J connectivity index is 1.98. The molecular formula is C12H18N6O. The largest absolute Gasteiger partial charge is 0.379 e. The SMILES string of the molecule is CCNc1nc(NC2(C)CCOC2)c2cn[nH]c2n1. The number of nitrogens with one attached hydrogen (secondary N) is 3. The molecule has 3 rings (SSSR count). The van der Waals surface area contributed by atoms with Crippen LogP contribution in [0.3, 0.4) is 0 Å². The number of aromatic amines is 1. The Morgan fingerprint density at radius 2 is 2.37 bits per heavy atom. The Kier molecular flexibility index (Phi) is 2.98. The third kappa shape index (κ3) is 2.33. The van der Waals surface area contributed by atoms with Crippen LogP contribution in [0.25, 0.3) is 11.0 Å². The van der Waals surface area contributed by atoms with Gasteiger partial charge in [0, 0.05) is 13.2 Å². The highest BCUT2D eigenvalue weighted by molar-refractivity contribution is 5.87. The van der Waals surface area contributed by atoms with Crippen LogP contribution in [0, 0.1) is 0 Å². The van der Waals surface area contributed by atoms with Crippen LogP contribution >= 0.6 is 0 Å². The number of aromatic nitrogens is 4. The molecule has 3 N–H and O–H groups in total. The van der Waals surface area contributed by atoms with Crippen molar-refractivity contribution < 1.29 is 4.74 Å². The van der Waals surface area contributed by atoms with Crippen molar-refractivity contribution in [3.05, 3.63) is 6.20 Å². The molecule has 0 spiro atoms. The summed E-state index contributed by atoms with van der Waals surface area (Å²) in [6.07, 6.45) is 2.71. The maximum atomic E-state index is 5.46. The van der Waals surface area contributed by atoms with Crippen molar-refractivity contribution in [2.45, 2.75) is 25.8 Å². The predicted molar refractivity (Wildman–Crippen MR) is 73.3 cm³/mol. The molecule has 0 radical (unpaired) electrons. The second-order valence-electron chi connectivity index (χ2n) is 5.05. The molecule has 7 heteroatoms. The molecule has 7 nitrogen and oxygen atoms in total. The molecular weight excluding hydrogens is 244 g/mol. The van der Waals surface area contributed by atoms with E-state index in [1.807, 2.05) is 6.92 Å². The molecule has 102 valence electrons. The molecule has 1 atom stereocenters. The van der Waals surface area contributed by atoms with E-state index in [-0.39, 0.29) is 5.54 Å². The molecule has 1 aliphatic rings. The highest BCUT2D eigenvalue weighted by atomic mass is 16.5. The molecule has 0 bridgehead atoms. The Bertz CT molecular complexity index is 575. The van der Waals surface area contributed by atoms with E-state index in [1.54, 1.807) is 6.20 Å². The first-order valence-corrected chi connectivity index (χ1v) is 6.51. The minimum atomic E-state index is -0.0813. The lowest BCUT2D eigenvalue weighted by atomic mass is 10.0. The fraction of sp³-hybridized carbons (Fsp3) is 0.583. The van der Waals surface area contributed by atoms with Crippen molar-refractivity contribution in [1.29, 1.82) is 0 Å². The van der Waals surface area contributed by atoms with Gasteiger partial charge in [-0.25, -0.2) is 0 Å². The fourth-order valence-corrected chi connectivity index (χ4v) is 2.22. The van der Waals surface area contributed by atoms with E-state index < -0.39 is 0 Å². The molecule has 19 heavy (non-hydrogen) atoms. The number of H-pyrrole nitrogens is 1. The van der Waals surface area contributed by atoms with Gasteiger partial charge in [-0.3, -0.25) is 5.10 Å². The Hall–Kier alpha value is -1.89. The first-order chi connectivity index (χ1) is 9.20. The Labute approximate surface area is 111 Å². The van der Waals surface area contributed by atoms with E-state index in [0.717, 1.165) is 36.4 Å². The number of hydrogen-bond donors (Lipinski definition) is 3. The second-order valence-corrected chi connectivity index (χ2v) is 5.05. The number of fused-ring (bicyclic) bond motifs is 1. The first kappa shape index (κ1) is 12.2. The van der Waals surface area contributed by atoms with E-state index in [2.05, 4.69) is 37.7 Å². The molecule has 1 unspecified atom stereocenters. The number of ether oxygens (including phenoxy) is 1. The van der Waals surface area contributed by atoms with Gasteiger partial charge in [-0.1, -0.05) is 0 Å². The lowest BCUT2D eigenvalue weighted by Crippen LogP contribution is -2.35. The summed E-state index contributed by atoms with van der Waals surface area (Å²) in [5, 5.41) is 14.4. The van der Waals surface area contributed by atoms with Crippen LogP contribution in [0.4, 0.5) is 11.8 Å². The third-order valence-electron chi connectivity index (χ3n) is 3.28. The van der Waals surface area contributed by atoms with Gasteiger partial charge in [-0.15, -0.1) is 0 Å². The molecule has 1 saturated heterocycles. The van der Waals surface area contributed by atoms with Crippen LogP contribution in [-0.2, 0) is 4.74 Å². The maximum absolute atomic E-state index is 5.46. The Morgan fingerprint density at radius 1 is 1.47 bits per heavy atom. The van der Waals surface area contributed by atoms with E-state index in [9.17, 15) is 0 Å². The molecule has 0 saturated carbocycles. The highest BCUT2D eigenvalue weighted by Gasteiger charge is 2.30. The zero-order valence-corrected chi connectivity index (χ0v) is 11.2. The number of rotatable bonds is 4. The van der Waals surface area contributed by atoms with Crippen molar-refractivity contribution >= 4 is 22.8 Å². The Morgan fingerprint density at radius 3 is 3.11 bits per heavy atom. The van der Waals surface area contributed by atoms with Gasteiger partial charge < -0.3 is 15.4 Å². The van der Waals surface area contributed by atoms with Crippen molar-refractivity contribution in [2.75, 3.05) is 30.4 Å². The summed E-state index contributed by atoms with van der Waals surface area (Å²) < 4.78 is 5.46. The van der Waals surface area contributed by atoms with Crippen molar-refractivity contribution in [3.8, 4) is 0 Å². The van der Waals surface area contributed by atoms with Gasteiger partial charge in [0.05, 0.1) is 23.7 Å². The van der Waals surface area contributed by atoms with Gasteiger partial charge in [-0.2, -0.15) is 15.1 Å². The standard InChI is InChI=1S/C12H18N6O/c1-3-13-11-15-9(8-6-14-18-10(8)16-11)17-12(2)4-5-19-7-12/h6H,3-5,7H2,1-2H3,(H3,13,14,15,16,17,18). The number of nitrogens with zero attached hydrogens (tertiary/aromatic N) is 3. The fourth-order valence-electron chi connectivity index (χ4n) is 2.22. The highest BCUT2D eigenvalue weighted by Crippen LogP contribution is 2.27. The molecule has 2 aromatic rings. The van der Waals surface area contributed by atoms with E-state index in [4.69, 9.17) is 4.74 Å². The summed E-state index contributed by atoms with van der Waals surface area (Å²) >= 11 is 0. The lowest BCUT2D eigenvalue weighted by molar-refractivity contribution is 0.185. The quantitative estimate of drug-likeness (QED) is 0.771. The van der Waals surface area contributed by atoms with Crippen LogP contribution < -0.4 is 10.6 Å². The average Bonchev–Trinajstić information content (AvgIpc) is 2.98. The number of hydrogen-bond acceptors (Lipinski definition) is 6. The molecule has 1 aliphatic heterocycles. The number of anilines is 2. The topological polar surface area (TPSA) is 87.8 Å². The summed E-state index contributed by atoms with van der Waals surface area (Å²) in [5.41, 5.74) is 0.651. The summed E-state index contributed by atoms with van der Waals surface area (Å²) in [7, 11) is 0. The van der Waals surface area contributed by atoms with Gasteiger partial charge in [0.1, 0.15) is 5.82 Å². The first-order valence-electron chi connectivity index (χ1n) is 6.51. The zero-order valence-electron chi connectivity index (χ0n) is 11.2. The smallest absolute Gasteiger partial charge is 0.226 e. The molecule has 0 amide bonds. The molecule has 0 aromatic carbocycles. The second kappa shape index (κ2) is 4.65. The van der Waals surface area contributed by atoms with Gasteiger partial charge >= 0.3 is 0 Å². The molecule has 0 aliphatic carbocycles. The van der Waals surface area contributed by atoms with E-state index in [1.165, 1.54) is 0 Å². The minimum absolute atomic E-state index is 0.0813. The minimum Gasteiger partial charge on any atom is -0.379 e. The lowest BCUT2D eigenvalue weighted by Gasteiger charge is -2.24. The van der Waals surface area contributed by atoms with Gasteiger partial charge in [-0.05, 0) is 20.3 Å². The summed E-state index contributed by atoms with van der Waals surface area (Å²) in [4.78, 5) is 8.89. The summed E-state index contributed by atoms with van der Waals surface area (Å²) in [6.45, 7) is 6.40. The van der Waals surface area contributed by atoms with Crippen LogP contribution in [-0.4, -0.2) is 45.5 Å². The molecule has 2 aromatic heterocycles. The predicted octanol–water partition coefficient (Wildman–Crippen LogP) is 1.38. The van der Waals surface area contributed by atoms with Crippen molar-refractivity contribution in [1.82, 2.24) is 20.2 Å². The molecule has 1 fully saturated rings. The van der Waals surface area contributed by atoms with Gasteiger partial charge in [0.2, 0.25) is 5.95 Å². The van der Waals surface area contributed by atoms with Crippen molar-refractivity contribution in [3.63, 3.8) is 0 Å². The van der Waals surface area contributed by atoms with Crippen molar-refractivity contribution in [2.24, 2.45) is 0 Å². The van der Waals surface area contributed by atoms with Gasteiger partial charge in [0.15, 0.2) is 5.65 Å². The average molecular weight is 262 g/mol. The third-order valence-corrected chi connectivity index (χ3v) is 3.28. The van der Waals surface area contributed by atoms with Crippen LogP contribution in [0.15, 0.2) is 6.20 Å².